The Labute approximate surface area is 88.5 Å². The molecule has 0 amide bonds. The lowest BCUT2D eigenvalue weighted by Gasteiger charge is -2.59. The van der Waals surface area contributed by atoms with Crippen LogP contribution in [-0.2, 0) is 0 Å². The highest BCUT2D eigenvalue weighted by Gasteiger charge is 2.52. The summed E-state index contributed by atoms with van der Waals surface area (Å²) >= 11 is 0. The monoisotopic (exact) mass is 192 g/mol. The summed E-state index contributed by atoms with van der Waals surface area (Å²) in [5.74, 6) is 6.68. The second-order valence-electron chi connectivity index (χ2n) is 6.37. The van der Waals surface area contributed by atoms with Crippen LogP contribution in [0.25, 0.3) is 0 Å². The molecule has 0 aromatic heterocycles. The highest BCUT2D eigenvalue weighted by atomic mass is 14.6. The molecule has 0 aromatic rings. The van der Waals surface area contributed by atoms with Crippen LogP contribution in [0.15, 0.2) is 0 Å². The molecule has 80 valence electrons. The maximum Gasteiger partial charge on any atom is -0.0349 e. The van der Waals surface area contributed by atoms with Crippen molar-refractivity contribution in [2.24, 2.45) is 35.5 Å². The lowest BCUT2D eigenvalue weighted by Crippen LogP contribution is -2.52. The molecule has 0 spiro atoms. The minimum atomic E-state index is 1.01. The summed E-state index contributed by atoms with van der Waals surface area (Å²) in [6, 6.07) is 0. The largest absolute Gasteiger partial charge is 0.0622 e. The number of hydrogen-bond donors (Lipinski definition) is 0. The summed E-state index contributed by atoms with van der Waals surface area (Å²) < 4.78 is 0. The van der Waals surface area contributed by atoms with Gasteiger partial charge in [0, 0.05) is 0 Å². The lowest BCUT2D eigenvalue weighted by atomic mass is 9.46. The Morgan fingerprint density at radius 1 is 0.643 bits per heavy atom. The minimum Gasteiger partial charge on any atom is -0.0622 e. The van der Waals surface area contributed by atoms with Gasteiger partial charge >= 0.3 is 0 Å². The van der Waals surface area contributed by atoms with E-state index in [1.54, 1.807) is 25.7 Å². The molecule has 0 N–H and O–H groups in total. The number of fused-ring (bicyclic) bond motifs is 4. The van der Waals surface area contributed by atoms with Gasteiger partial charge in [0.2, 0.25) is 0 Å². The fourth-order valence-electron chi connectivity index (χ4n) is 4.76. The van der Waals surface area contributed by atoms with Gasteiger partial charge in [-0.25, -0.2) is 0 Å². The van der Waals surface area contributed by atoms with Crippen molar-refractivity contribution in [1.82, 2.24) is 0 Å². The minimum absolute atomic E-state index is 1.01. The highest BCUT2D eigenvalue weighted by molar-refractivity contribution is 5.02. The van der Waals surface area contributed by atoms with Gasteiger partial charge in [0.05, 0.1) is 0 Å². The molecule has 0 heterocycles. The SMILES string of the molecule is CC1CC2C3CCCCC3C2CC1C. The Bertz CT molecular complexity index is 196. The van der Waals surface area contributed by atoms with Gasteiger partial charge in [-0.15, -0.1) is 0 Å². The first kappa shape index (κ1) is 9.24. The molecule has 3 fully saturated rings. The standard InChI is InChI=1S/C14H24/c1-9-7-13-11-5-3-4-6-12(11)14(13)8-10(9)2/h9-14H,3-8H2,1-2H3. The second kappa shape index (κ2) is 3.25. The Morgan fingerprint density at radius 2 is 1.07 bits per heavy atom. The van der Waals surface area contributed by atoms with Crippen LogP contribution in [0, 0.1) is 35.5 Å². The zero-order chi connectivity index (χ0) is 9.71. The van der Waals surface area contributed by atoms with Gasteiger partial charge in [-0.3, -0.25) is 0 Å². The van der Waals surface area contributed by atoms with Crippen molar-refractivity contribution >= 4 is 0 Å². The maximum absolute atomic E-state index is 2.48. The van der Waals surface area contributed by atoms with Crippen molar-refractivity contribution in [1.29, 1.82) is 0 Å². The van der Waals surface area contributed by atoms with E-state index in [4.69, 9.17) is 0 Å². The van der Waals surface area contributed by atoms with Crippen LogP contribution in [0.3, 0.4) is 0 Å². The Kier molecular flexibility index (Phi) is 2.15. The molecule has 0 nitrogen and oxygen atoms in total. The molecule has 14 heavy (non-hydrogen) atoms. The lowest BCUT2D eigenvalue weighted by molar-refractivity contribution is -0.104. The van der Waals surface area contributed by atoms with Crippen molar-refractivity contribution in [3.05, 3.63) is 0 Å². The van der Waals surface area contributed by atoms with E-state index < -0.39 is 0 Å². The zero-order valence-corrected chi connectivity index (χ0v) is 9.71. The first-order valence-electron chi connectivity index (χ1n) is 6.77. The summed E-state index contributed by atoms with van der Waals surface area (Å²) in [5.41, 5.74) is 0. The summed E-state index contributed by atoms with van der Waals surface area (Å²) in [7, 11) is 0. The molecule has 6 unspecified atom stereocenters. The molecule has 0 aliphatic heterocycles. The van der Waals surface area contributed by atoms with Crippen molar-refractivity contribution in [2.75, 3.05) is 0 Å². The average Bonchev–Trinajstić information content (AvgIpc) is 2.21. The zero-order valence-electron chi connectivity index (χ0n) is 9.71. The summed E-state index contributed by atoms with van der Waals surface area (Å²) in [4.78, 5) is 0. The molecule has 0 bridgehead atoms. The van der Waals surface area contributed by atoms with Crippen LogP contribution < -0.4 is 0 Å². The van der Waals surface area contributed by atoms with Gasteiger partial charge in [0.1, 0.15) is 0 Å². The number of rotatable bonds is 0. The van der Waals surface area contributed by atoms with Gasteiger partial charge in [-0.05, 0) is 61.2 Å². The van der Waals surface area contributed by atoms with E-state index in [-0.39, 0.29) is 0 Å². The van der Waals surface area contributed by atoms with E-state index in [2.05, 4.69) is 13.8 Å². The van der Waals surface area contributed by atoms with Crippen LogP contribution >= 0.6 is 0 Å². The quantitative estimate of drug-likeness (QED) is 0.542. The fraction of sp³-hybridized carbons (Fsp3) is 1.00. The van der Waals surface area contributed by atoms with Gasteiger partial charge in [-0.1, -0.05) is 26.7 Å². The van der Waals surface area contributed by atoms with Gasteiger partial charge < -0.3 is 0 Å². The van der Waals surface area contributed by atoms with E-state index in [9.17, 15) is 0 Å². The molecule has 3 rings (SSSR count). The molecule has 3 aliphatic carbocycles. The Balaban J connectivity index is 1.72. The highest BCUT2D eigenvalue weighted by Crippen LogP contribution is 2.60. The number of hydrogen-bond acceptors (Lipinski definition) is 0. The molecule has 3 aliphatic rings. The predicted molar refractivity (Wildman–Crippen MR) is 60.0 cm³/mol. The first-order chi connectivity index (χ1) is 6.77. The van der Waals surface area contributed by atoms with Crippen LogP contribution in [-0.4, -0.2) is 0 Å². The van der Waals surface area contributed by atoms with Crippen molar-refractivity contribution in [2.45, 2.75) is 52.4 Å². The molecule has 0 radical (unpaired) electrons. The van der Waals surface area contributed by atoms with Crippen molar-refractivity contribution in [3.63, 3.8) is 0 Å². The van der Waals surface area contributed by atoms with E-state index in [1.165, 1.54) is 24.7 Å². The molecule has 0 heteroatoms. The van der Waals surface area contributed by atoms with Crippen LogP contribution in [0.5, 0.6) is 0 Å². The van der Waals surface area contributed by atoms with E-state index in [1.807, 2.05) is 0 Å². The summed E-state index contributed by atoms with van der Waals surface area (Å²) in [6.07, 6.45) is 9.35. The third-order valence-electron chi connectivity index (χ3n) is 5.78. The first-order valence-corrected chi connectivity index (χ1v) is 6.77. The van der Waals surface area contributed by atoms with E-state index in [0.717, 1.165) is 23.7 Å². The van der Waals surface area contributed by atoms with Gasteiger partial charge in [-0.2, -0.15) is 0 Å². The molecular weight excluding hydrogens is 168 g/mol. The Hall–Kier alpha value is 0. The maximum atomic E-state index is 2.48. The van der Waals surface area contributed by atoms with E-state index in [0.29, 0.717) is 0 Å². The Morgan fingerprint density at radius 3 is 1.50 bits per heavy atom. The van der Waals surface area contributed by atoms with E-state index >= 15 is 0 Å². The molecule has 0 saturated heterocycles. The molecular formula is C14H24. The van der Waals surface area contributed by atoms with Crippen LogP contribution in [0.2, 0.25) is 0 Å². The fourth-order valence-corrected chi connectivity index (χ4v) is 4.76. The van der Waals surface area contributed by atoms with Gasteiger partial charge in [0.15, 0.2) is 0 Å². The molecule has 3 saturated carbocycles. The summed E-state index contributed by atoms with van der Waals surface area (Å²) in [6.45, 7) is 4.97. The third-order valence-corrected chi connectivity index (χ3v) is 5.78. The smallest absolute Gasteiger partial charge is 0.0349 e. The topological polar surface area (TPSA) is 0 Å². The average molecular weight is 192 g/mol. The third kappa shape index (κ3) is 1.19. The van der Waals surface area contributed by atoms with Gasteiger partial charge in [0.25, 0.3) is 0 Å². The van der Waals surface area contributed by atoms with Crippen LogP contribution in [0.1, 0.15) is 52.4 Å². The predicted octanol–water partition coefficient (Wildman–Crippen LogP) is 4.10. The van der Waals surface area contributed by atoms with Crippen LogP contribution in [0.4, 0.5) is 0 Å². The normalized spacial score (nSPS) is 57.0. The van der Waals surface area contributed by atoms with Crippen molar-refractivity contribution < 1.29 is 0 Å². The summed E-state index contributed by atoms with van der Waals surface area (Å²) in [5, 5.41) is 0. The molecule has 6 atom stereocenters. The van der Waals surface area contributed by atoms with Crippen molar-refractivity contribution in [3.8, 4) is 0 Å². The second-order valence-corrected chi connectivity index (χ2v) is 6.37. The molecule has 0 aromatic carbocycles.